The van der Waals surface area contributed by atoms with Crippen molar-refractivity contribution in [2.45, 2.75) is 11.6 Å². The molecule has 4 aromatic carbocycles. The number of fused-ring (bicyclic) bond motifs is 1. The quantitative estimate of drug-likeness (QED) is 0.332. The maximum Gasteiger partial charge on any atom is 0.345 e. The van der Waals surface area contributed by atoms with Crippen LogP contribution in [0.15, 0.2) is 109 Å². The van der Waals surface area contributed by atoms with Crippen LogP contribution in [-0.2, 0) is 15.1 Å². The van der Waals surface area contributed by atoms with Crippen LogP contribution in [0.3, 0.4) is 0 Å². The summed E-state index contributed by atoms with van der Waals surface area (Å²) >= 11 is 6.22. The molecule has 0 aromatic heterocycles. The molecule has 2 unspecified atom stereocenters. The number of benzene rings is 4. The lowest BCUT2D eigenvalue weighted by molar-refractivity contribution is -0.166. The Labute approximate surface area is 209 Å². The number of hydrogen-bond acceptors (Lipinski definition) is 4. The number of methoxy groups -OCH3 is 1. The molecule has 4 aromatic rings. The number of halogens is 1. The molecule has 0 aliphatic carbocycles. The summed E-state index contributed by atoms with van der Waals surface area (Å²) in [6.45, 7) is 0. The largest absolute Gasteiger partial charge is 0.467 e. The van der Waals surface area contributed by atoms with Crippen LogP contribution in [0.1, 0.15) is 28.3 Å². The van der Waals surface area contributed by atoms with Crippen LogP contribution in [-0.4, -0.2) is 18.2 Å². The third-order valence-electron chi connectivity index (χ3n) is 6.38. The maximum atomic E-state index is 13.5. The normalized spacial score (nSPS) is 16.6. The predicted octanol–water partition coefficient (Wildman–Crippen LogP) is 6.46. The highest BCUT2D eigenvalue weighted by Gasteiger charge is 2.53. The minimum Gasteiger partial charge on any atom is -0.467 e. The fourth-order valence-electron chi connectivity index (χ4n) is 4.75. The fourth-order valence-corrected chi connectivity index (χ4v) is 4.88. The number of esters is 1. The van der Waals surface area contributed by atoms with Crippen LogP contribution in [0.5, 0.6) is 0 Å². The van der Waals surface area contributed by atoms with E-state index in [1.807, 2.05) is 77.7 Å². The van der Waals surface area contributed by atoms with Crippen molar-refractivity contribution < 1.29 is 14.6 Å². The van der Waals surface area contributed by atoms with Crippen LogP contribution in [0.2, 0.25) is 5.02 Å². The van der Waals surface area contributed by atoms with Crippen LogP contribution >= 0.6 is 11.6 Å². The van der Waals surface area contributed by atoms with Gasteiger partial charge in [0.25, 0.3) is 0 Å². The zero-order valence-electron chi connectivity index (χ0n) is 19.1. The zero-order chi connectivity index (χ0) is 24.4. The summed E-state index contributed by atoms with van der Waals surface area (Å²) in [5.74, 6) is -0.739. The Bertz CT molecular complexity index is 1370. The molecule has 174 valence electrons. The Morgan fingerprint density at radius 2 is 1.46 bits per heavy atom. The smallest absolute Gasteiger partial charge is 0.345 e. The van der Waals surface area contributed by atoms with Crippen molar-refractivity contribution in [3.63, 3.8) is 0 Å². The van der Waals surface area contributed by atoms with Gasteiger partial charge in [0.2, 0.25) is 5.60 Å². The first-order valence-corrected chi connectivity index (χ1v) is 11.7. The number of rotatable bonds is 5. The van der Waals surface area contributed by atoms with E-state index in [2.05, 4.69) is 6.08 Å². The van der Waals surface area contributed by atoms with Crippen molar-refractivity contribution in [2.75, 3.05) is 12.0 Å². The van der Waals surface area contributed by atoms with Crippen molar-refractivity contribution in [3.05, 3.63) is 136 Å². The molecule has 1 aliphatic rings. The van der Waals surface area contributed by atoms with E-state index in [1.54, 1.807) is 36.4 Å². The second-order valence-electron chi connectivity index (χ2n) is 8.40. The van der Waals surface area contributed by atoms with Crippen LogP contribution < -0.4 is 4.90 Å². The molecular weight excluding hydrogens is 458 g/mol. The van der Waals surface area contributed by atoms with E-state index in [-0.39, 0.29) is 0 Å². The number of anilines is 1. The third kappa shape index (κ3) is 4.01. The van der Waals surface area contributed by atoms with Gasteiger partial charge in [-0.25, -0.2) is 4.79 Å². The molecule has 0 fully saturated rings. The molecule has 35 heavy (non-hydrogen) atoms. The van der Waals surface area contributed by atoms with Gasteiger partial charge >= 0.3 is 5.97 Å². The standard InChI is InChI=1S/C30H24ClNO3/c1-35-29(33)30(34,23-13-6-3-7-14-23)28-26-15-9-8-12-22(26)20-27(21-10-4-2-5-11-21)32(28)25-18-16-24(31)17-19-25/h2-20,28,34H,1H3. The molecule has 0 amide bonds. The number of ether oxygens (including phenoxy) is 1. The van der Waals surface area contributed by atoms with E-state index in [0.29, 0.717) is 10.6 Å². The van der Waals surface area contributed by atoms with E-state index < -0.39 is 17.6 Å². The van der Waals surface area contributed by atoms with Gasteiger partial charge in [0, 0.05) is 16.4 Å². The lowest BCUT2D eigenvalue weighted by Gasteiger charge is -2.46. The van der Waals surface area contributed by atoms with Crippen molar-refractivity contribution >= 4 is 35.0 Å². The van der Waals surface area contributed by atoms with E-state index in [9.17, 15) is 9.90 Å². The van der Waals surface area contributed by atoms with Gasteiger partial charge in [0.15, 0.2) is 0 Å². The highest BCUT2D eigenvalue weighted by atomic mass is 35.5. The molecule has 2 atom stereocenters. The first-order chi connectivity index (χ1) is 17.0. The Morgan fingerprint density at radius 1 is 0.857 bits per heavy atom. The Morgan fingerprint density at radius 3 is 2.11 bits per heavy atom. The van der Waals surface area contributed by atoms with Gasteiger partial charge in [0.05, 0.1) is 7.11 Å². The summed E-state index contributed by atoms with van der Waals surface area (Å²) in [6, 6.07) is 33.2. The molecule has 1 aliphatic heterocycles. The molecule has 0 saturated heterocycles. The maximum absolute atomic E-state index is 13.5. The van der Waals surface area contributed by atoms with Crippen LogP contribution in [0.25, 0.3) is 11.8 Å². The molecule has 0 saturated carbocycles. The first kappa shape index (κ1) is 22.9. The van der Waals surface area contributed by atoms with Gasteiger partial charge < -0.3 is 14.7 Å². The van der Waals surface area contributed by atoms with Crippen molar-refractivity contribution in [1.29, 1.82) is 0 Å². The molecule has 0 radical (unpaired) electrons. The summed E-state index contributed by atoms with van der Waals surface area (Å²) < 4.78 is 5.23. The average Bonchev–Trinajstić information content (AvgIpc) is 2.92. The number of aliphatic hydroxyl groups is 1. The van der Waals surface area contributed by atoms with Crippen LogP contribution in [0.4, 0.5) is 5.69 Å². The molecule has 5 heteroatoms. The Hall–Kier alpha value is -3.86. The Kier molecular flexibility index (Phi) is 6.16. The molecule has 0 spiro atoms. The van der Waals surface area contributed by atoms with Crippen molar-refractivity contribution in [2.24, 2.45) is 0 Å². The number of hydrogen-bond donors (Lipinski definition) is 1. The van der Waals surface area contributed by atoms with E-state index in [4.69, 9.17) is 16.3 Å². The molecule has 4 nitrogen and oxygen atoms in total. The van der Waals surface area contributed by atoms with Gasteiger partial charge in [-0.05, 0) is 52.6 Å². The predicted molar refractivity (Wildman–Crippen MR) is 140 cm³/mol. The first-order valence-electron chi connectivity index (χ1n) is 11.3. The van der Waals surface area contributed by atoms with Gasteiger partial charge in [-0.1, -0.05) is 96.5 Å². The van der Waals surface area contributed by atoms with Crippen molar-refractivity contribution in [1.82, 2.24) is 0 Å². The minimum absolute atomic E-state index is 0.444. The third-order valence-corrected chi connectivity index (χ3v) is 6.63. The summed E-state index contributed by atoms with van der Waals surface area (Å²) in [5.41, 5.74) is 2.72. The molecule has 0 bridgehead atoms. The summed E-state index contributed by atoms with van der Waals surface area (Å²) in [4.78, 5) is 15.5. The Balaban J connectivity index is 1.85. The van der Waals surface area contributed by atoms with Gasteiger partial charge in [-0.15, -0.1) is 0 Å². The fraction of sp³-hybridized carbons (Fsp3) is 0.100. The highest BCUT2D eigenvalue weighted by molar-refractivity contribution is 6.30. The van der Waals surface area contributed by atoms with E-state index >= 15 is 0 Å². The van der Waals surface area contributed by atoms with Gasteiger partial charge in [-0.2, -0.15) is 0 Å². The van der Waals surface area contributed by atoms with Crippen LogP contribution in [0, 0.1) is 0 Å². The number of nitrogens with zero attached hydrogens (tertiary/aromatic N) is 1. The van der Waals surface area contributed by atoms with E-state index in [0.717, 1.165) is 28.1 Å². The average molecular weight is 482 g/mol. The second kappa shape index (κ2) is 9.41. The summed E-state index contributed by atoms with van der Waals surface area (Å²) in [6.07, 6.45) is 2.08. The monoisotopic (exact) mass is 481 g/mol. The topological polar surface area (TPSA) is 49.8 Å². The number of carbonyl (C=O) groups excluding carboxylic acids is 1. The molecule has 5 rings (SSSR count). The SMILES string of the molecule is COC(=O)C(O)(c1ccccc1)C1c2ccccc2C=C(c2ccccc2)N1c1ccc(Cl)cc1. The van der Waals surface area contributed by atoms with Gasteiger partial charge in [-0.3, -0.25) is 0 Å². The van der Waals surface area contributed by atoms with Gasteiger partial charge in [0.1, 0.15) is 6.04 Å². The minimum atomic E-state index is -2.01. The molecule has 1 N–H and O–H groups in total. The lowest BCUT2D eigenvalue weighted by Crippen LogP contribution is -2.50. The number of carbonyl (C=O) groups is 1. The molecule has 1 heterocycles. The van der Waals surface area contributed by atoms with Crippen molar-refractivity contribution in [3.8, 4) is 0 Å². The summed E-state index contributed by atoms with van der Waals surface area (Å²) in [5, 5.41) is 13.0. The zero-order valence-corrected chi connectivity index (χ0v) is 19.9. The molecular formula is C30H24ClNO3. The highest BCUT2D eigenvalue weighted by Crippen LogP contribution is 2.50. The second-order valence-corrected chi connectivity index (χ2v) is 8.83. The summed E-state index contributed by atoms with van der Waals surface area (Å²) in [7, 11) is 1.30. The lowest BCUT2D eigenvalue weighted by atomic mass is 9.77. The van der Waals surface area contributed by atoms with E-state index in [1.165, 1.54) is 7.11 Å².